The first-order valence-electron chi connectivity index (χ1n) is 11.1. The highest BCUT2D eigenvalue weighted by molar-refractivity contribution is 8.00. The Morgan fingerprint density at radius 1 is 0.912 bits per heavy atom. The van der Waals surface area contributed by atoms with Gasteiger partial charge in [-0.3, -0.25) is 14.0 Å². The maximum atomic E-state index is 13.6. The molecule has 0 aliphatic heterocycles. The normalized spacial score (nSPS) is 12.4. The highest BCUT2D eigenvalue weighted by Crippen LogP contribution is 2.28. The standard InChI is InChI=1S/C27H24N4O2S/c1-16-10-13-20(14-11-16)24(32)19(4)34-27-29-28-26-30(23-15-17(2)9-12-18(23)3)25(33)21-7-5-6-8-22(21)31(26)27/h5-15,19H,1-4H3. The zero-order valence-electron chi connectivity index (χ0n) is 19.4. The van der Waals surface area contributed by atoms with Gasteiger partial charge < -0.3 is 0 Å². The number of carbonyl (C=O) groups excluding carboxylic acids is 1. The van der Waals surface area contributed by atoms with Gasteiger partial charge in [0.25, 0.3) is 5.56 Å². The molecule has 0 radical (unpaired) electrons. The fourth-order valence-electron chi connectivity index (χ4n) is 4.10. The number of carbonyl (C=O) groups is 1. The van der Waals surface area contributed by atoms with Crippen molar-refractivity contribution >= 4 is 34.2 Å². The summed E-state index contributed by atoms with van der Waals surface area (Å²) in [5.41, 5.74) is 5.12. The predicted octanol–water partition coefficient (Wildman–Crippen LogP) is 5.32. The third-order valence-electron chi connectivity index (χ3n) is 5.99. The second kappa shape index (κ2) is 8.57. The summed E-state index contributed by atoms with van der Waals surface area (Å²) in [7, 11) is 0. The van der Waals surface area contributed by atoms with Crippen molar-refractivity contribution in [3.8, 4) is 5.69 Å². The molecule has 2 heterocycles. The number of para-hydroxylation sites is 1. The average molecular weight is 469 g/mol. The molecule has 5 rings (SSSR count). The number of hydrogen-bond donors (Lipinski definition) is 0. The van der Waals surface area contributed by atoms with Crippen LogP contribution < -0.4 is 5.56 Å². The number of aromatic nitrogens is 4. The lowest BCUT2D eigenvalue weighted by Gasteiger charge is -2.14. The van der Waals surface area contributed by atoms with Crippen LogP contribution in [0.5, 0.6) is 0 Å². The lowest BCUT2D eigenvalue weighted by molar-refractivity contribution is 0.0994. The molecular weight excluding hydrogens is 444 g/mol. The Bertz CT molecular complexity index is 1620. The van der Waals surface area contributed by atoms with Gasteiger partial charge in [-0.1, -0.05) is 65.9 Å². The first-order valence-corrected chi connectivity index (χ1v) is 12.0. The SMILES string of the molecule is Cc1ccc(C(=O)C(C)Sc2nnc3n(-c4cc(C)ccc4C)c(=O)c4ccccc4n23)cc1. The summed E-state index contributed by atoms with van der Waals surface area (Å²) in [6, 6.07) is 21.0. The molecule has 34 heavy (non-hydrogen) atoms. The molecule has 6 nitrogen and oxygen atoms in total. The van der Waals surface area contributed by atoms with Crippen molar-refractivity contribution < 1.29 is 4.79 Å². The van der Waals surface area contributed by atoms with Gasteiger partial charge in [0, 0.05) is 5.56 Å². The van der Waals surface area contributed by atoms with E-state index < -0.39 is 0 Å². The molecule has 0 fully saturated rings. The highest BCUT2D eigenvalue weighted by Gasteiger charge is 2.23. The van der Waals surface area contributed by atoms with E-state index in [1.54, 1.807) is 4.57 Å². The minimum absolute atomic E-state index is 0.0221. The molecule has 0 spiro atoms. The first kappa shape index (κ1) is 22.1. The fraction of sp³-hybridized carbons (Fsp3) is 0.185. The summed E-state index contributed by atoms with van der Waals surface area (Å²) >= 11 is 1.34. The van der Waals surface area contributed by atoms with Crippen LogP contribution >= 0.6 is 11.8 Å². The molecule has 0 bridgehead atoms. The van der Waals surface area contributed by atoms with E-state index in [1.807, 2.05) is 98.8 Å². The van der Waals surface area contributed by atoms with Crippen molar-refractivity contribution in [1.29, 1.82) is 0 Å². The number of fused-ring (bicyclic) bond motifs is 3. The number of hydrogen-bond acceptors (Lipinski definition) is 5. The Morgan fingerprint density at radius 3 is 2.38 bits per heavy atom. The molecular formula is C27H24N4O2S. The van der Waals surface area contributed by atoms with Gasteiger partial charge in [-0.05, 0) is 57.0 Å². The van der Waals surface area contributed by atoms with Crippen molar-refractivity contribution in [1.82, 2.24) is 19.2 Å². The monoisotopic (exact) mass is 468 g/mol. The Kier molecular flexibility index (Phi) is 5.57. The van der Waals surface area contributed by atoms with Crippen LogP contribution in [0.1, 0.15) is 34.0 Å². The van der Waals surface area contributed by atoms with Crippen molar-refractivity contribution in [2.24, 2.45) is 0 Å². The number of rotatable bonds is 5. The van der Waals surface area contributed by atoms with E-state index in [2.05, 4.69) is 10.2 Å². The van der Waals surface area contributed by atoms with Gasteiger partial charge in [-0.25, -0.2) is 4.57 Å². The summed E-state index contributed by atoms with van der Waals surface area (Å²) < 4.78 is 3.50. The molecule has 0 aliphatic rings. The smallest absolute Gasteiger partial charge is 0.267 e. The molecule has 3 aromatic carbocycles. The molecule has 1 atom stereocenters. The number of thioether (sulfide) groups is 1. The molecule has 5 aromatic rings. The zero-order valence-corrected chi connectivity index (χ0v) is 20.3. The van der Waals surface area contributed by atoms with Crippen LogP contribution in [0.4, 0.5) is 0 Å². The summed E-state index contributed by atoms with van der Waals surface area (Å²) in [5, 5.41) is 9.59. The first-order chi connectivity index (χ1) is 16.3. The van der Waals surface area contributed by atoms with E-state index in [1.165, 1.54) is 11.8 Å². The van der Waals surface area contributed by atoms with E-state index in [0.29, 0.717) is 27.4 Å². The molecule has 0 saturated carbocycles. The summed E-state index contributed by atoms with van der Waals surface area (Å²) in [6.07, 6.45) is 0. The highest BCUT2D eigenvalue weighted by atomic mass is 32.2. The van der Waals surface area contributed by atoms with Crippen LogP contribution in [0, 0.1) is 20.8 Å². The van der Waals surface area contributed by atoms with Gasteiger partial charge in [-0.2, -0.15) is 0 Å². The Hall–Kier alpha value is -3.71. The van der Waals surface area contributed by atoms with Crippen LogP contribution in [-0.4, -0.2) is 30.2 Å². The molecule has 170 valence electrons. The van der Waals surface area contributed by atoms with E-state index >= 15 is 0 Å². The number of nitrogens with zero attached hydrogens (tertiary/aromatic N) is 4. The zero-order chi connectivity index (χ0) is 24.0. The Labute approximate surface area is 201 Å². The largest absolute Gasteiger partial charge is 0.293 e. The van der Waals surface area contributed by atoms with Crippen LogP contribution in [0.15, 0.2) is 76.7 Å². The number of aryl methyl sites for hydroxylation is 3. The van der Waals surface area contributed by atoms with Crippen molar-refractivity contribution in [2.75, 3.05) is 0 Å². The maximum Gasteiger partial charge on any atom is 0.267 e. The van der Waals surface area contributed by atoms with Crippen LogP contribution in [0.3, 0.4) is 0 Å². The summed E-state index contributed by atoms with van der Waals surface area (Å²) in [5.74, 6) is 0.448. The van der Waals surface area contributed by atoms with Crippen molar-refractivity contribution in [3.63, 3.8) is 0 Å². The van der Waals surface area contributed by atoms with Gasteiger partial charge in [0.2, 0.25) is 5.78 Å². The molecule has 0 aliphatic carbocycles. The maximum absolute atomic E-state index is 13.6. The third-order valence-corrected chi connectivity index (χ3v) is 7.03. The second-order valence-electron chi connectivity index (χ2n) is 8.56. The number of benzene rings is 3. The molecule has 2 aromatic heterocycles. The predicted molar refractivity (Wildman–Crippen MR) is 136 cm³/mol. The number of Topliss-reactive ketones (excluding diaryl/α,β-unsaturated/α-hetero) is 1. The van der Waals surface area contributed by atoms with E-state index in [-0.39, 0.29) is 16.6 Å². The lowest BCUT2D eigenvalue weighted by Crippen LogP contribution is -2.23. The number of ketones is 1. The summed E-state index contributed by atoms with van der Waals surface area (Å²) in [4.78, 5) is 26.7. The van der Waals surface area contributed by atoms with Gasteiger partial charge in [0.15, 0.2) is 10.9 Å². The molecule has 0 N–H and O–H groups in total. The van der Waals surface area contributed by atoms with Gasteiger partial charge >= 0.3 is 0 Å². The van der Waals surface area contributed by atoms with E-state index in [4.69, 9.17) is 0 Å². The van der Waals surface area contributed by atoms with E-state index in [9.17, 15) is 9.59 Å². The molecule has 0 amide bonds. The second-order valence-corrected chi connectivity index (χ2v) is 9.86. The van der Waals surface area contributed by atoms with Gasteiger partial charge in [0.05, 0.1) is 21.8 Å². The Balaban J connectivity index is 1.69. The average Bonchev–Trinajstić information content (AvgIpc) is 3.24. The Morgan fingerprint density at radius 2 is 1.62 bits per heavy atom. The molecule has 1 unspecified atom stereocenters. The minimum atomic E-state index is -0.380. The molecule has 7 heteroatoms. The minimum Gasteiger partial charge on any atom is -0.293 e. The quantitative estimate of drug-likeness (QED) is 0.258. The van der Waals surface area contributed by atoms with E-state index in [0.717, 1.165) is 22.4 Å². The molecule has 0 saturated heterocycles. The lowest BCUT2D eigenvalue weighted by atomic mass is 10.1. The van der Waals surface area contributed by atoms with Crippen LogP contribution in [0.25, 0.3) is 22.4 Å². The third kappa shape index (κ3) is 3.72. The fourth-order valence-corrected chi connectivity index (χ4v) is 5.03. The van der Waals surface area contributed by atoms with Gasteiger partial charge in [-0.15, -0.1) is 10.2 Å². The van der Waals surface area contributed by atoms with Crippen LogP contribution in [0.2, 0.25) is 0 Å². The van der Waals surface area contributed by atoms with Crippen molar-refractivity contribution in [3.05, 3.63) is 99.3 Å². The topological polar surface area (TPSA) is 69.3 Å². The van der Waals surface area contributed by atoms with Crippen molar-refractivity contribution in [2.45, 2.75) is 38.1 Å². The summed E-state index contributed by atoms with van der Waals surface area (Å²) in [6.45, 7) is 7.84. The van der Waals surface area contributed by atoms with Crippen LogP contribution in [-0.2, 0) is 0 Å². The van der Waals surface area contributed by atoms with Gasteiger partial charge in [0.1, 0.15) is 0 Å².